The molecule has 1 heterocycles. The topological polar surface area (TPSA) is 43.8 Å². The molecular weight excluding hydrogens is 198 g/mol. The van der Waals surface area contributed by atoms with E-state index in [1.54, 1.807) is 0 Å². The molecule has 3 nitrogen and oxygen atoms in total. The van der Waals surface area contributed by atoms with E-state index in [1.165, 1.54) is 5.56 Å². The molecule has 0 saturated carbocycles. The number of anilines is 1. The van der Waals surface area contributed by atoms with Crippen LogP contribution in [0.25, 0.3) is 5.69 Å². The van der Waals surface area contributed by atoms with Gasteiger partial charge in [-0.1, -0.05) is 26.0 Å². The van der Waals surface area contributed by atoms with Gasteiger partial charge < -0.3 is 5.73 Å². The summed E-state index contributed by atoms with van der Waals surface area (Å²) in [7, 11) is 0. The van der Waals surface area contributed by atoms with Gasteiger partial charge >= 0.3 is 0 Å². The van der Waals surface area contributed by atoms with Gasteiger partial charge in [-0.3, -0.25) is 0 Å². The monoisotopic (exact) mass is 215 g/mol. The van der Waals surface area contributed by atoms with Gasteiger partial charge in [0.1, 0.15) is 0 Å². The van der Waals surface area contributed by atoms with Crippen LogP contribution in [0.4, 0.5) is 5.69 Å². The smallest absolute Gasteiger partial charge is 0.0827 e. The van der Waals surface area contributed by atoms with E-state index in [9.17, 15) is 0 Å². The predicted octanol–water partition coefficient (Wildman–Crippen LogP) is 2.89. The summed E-state index contributed by atoms with van der Waals surface area (Å²) in [6.07, 6.45) is 1.85. The van der Waals surface area contributed by atoms with Crippen molar-refractivity contribution in [3.63, 3.8) is 0 Å². The fraction of sp³-hybridized carbons (Fsp3) is 0.308. The minimum atomic E-state index is 0.554. The Morgan fingerprint density at radius 3 is 2.25 bits per heavy atom. The Hall–Kier alpha value is -1.77. The van der Waals surface area contributed by atoms with E-state index in [2.05, 4.69) is 43.2 Å². The molecule has 1 aromatic carbocycles. The molecule has 0 bridgehead atoms. The van der Waals surface area contributed by atoms with Crippen LogP contribution in [0.5, 0.6) is 0 Å². The summed E-state index contributed by atoms with van der Waals surface area (Å²) >= 11 is 0. The average Bonchev–Trinajstić information content (AvgIpc) is 2.59. The van der Waals surface area contributed by atoms with Crippen LogP contribution < -0.4 is 5.73 Å². The fourth-order valence-electron chi connectivity index (χ4n) is 1.62. The number of benzene rings is 1. The van der Waals surface area contributed by atoms with Crippen LogP contribution in [-0.4, -0.2) is 9.78 Å². The lowest BCUT2D eigenvalue weighted by Crippen LogP contribution is -1.95. The third-order valence-electron chi connectivity index (χ3n) is 2.76. The lowest BCUT2D eigenvalue weighted by Gasteiger charge is -2.06. The molecule has 0 aliphatic rings. The van der Waals surface area contributed by atoms with Gasteiger partial charge in [0, 0.05) is 0 Å². The molecule has 3 heteroatoms. The van der Waals surface area contributed by atoms with Gasteiger partial charge in [0.05, 0.1) is 23.3 Å². The van der Waals surface area contributed by atoms with Crippen molar-refractivity contribution in [3.8, 4) is 5.69 Å². The molecule has 2 aromatic rings. The van der Waals surface area contributed by atoms with Crippen LogP contribution in [0, 0.1) is 6.92 Å². The zero-order valence-electron chi connectivity index (χ0n) is 9.94. The van der Waals surface area contributed by atoms with E-state index < -0.39 is 0 Å². The fourth-order valence-corrected chi connectivity index (χ4v) is 1.62. The second kappa shape index (κ2) is 4.00. The molecule has 0 saturated heterocycles. The second-order valence-corrected chi connectivity index (χ2v) is 4.36. The van der Waals surface area contributed by atoms with Crippen LogP contribution in [-0.2, 0) is 0 Å². The van der Waals surface area contributed by atoms with Crippen molar-refractivity contribution < 1.29 is 0 Å². The molecule has 0 unspecified atom stereocenters. The van der Waals surface area contributed by atoms with Gasteiger partial charge in [0.15, 0.2) is 0 Å². The number of aryl methyl sites for hydroxylation is 1. The Balaban J connectivity index is 2.34. The van der Waals surface area contributed by atoms with E-state index in [-0.39, 0.29) is 0 Å². The minimum Gasteiger partial charge on any atom is -0.396 e. The lowest BCUT2D eigenvalue weighted by molar-refractivity contribution is 0.846. The first kappa shape index (κ1) is 10.7. The number of nitrogens with two attached hydrogens (primary N) is 1. The number of aromatic nitrogens is 2. The van der Waals surface area contributed by atoms with Gasteiger partial charge in [-0.05, 0) is 30.5 Å². The van der Waals surface area contributed by atoms with Crippen LogP contribution in [0.15, 0.2) is 30.5 Å². The molecule has 1 aromatic heterocycles. The highest BCUT2D eigenvalue weighted by Crippen LogP contribution is 2.18. The van der Waals surface area contributed by atoms with Gasteiger partial charge in [-0.2, -0.15) is 5.10 Å². The largest absolute Gasteiger partial charge is 0.396 e. The second-order valence-electron chi connectivity index (χ2n) is 4.36. The molecule has 0 fully saturated rings. The molecule has 0 spiro atoms. The average molecular weight is 215 g/mol. The van der Waals surface area contributed by atoms with Crippen LogP contribution in [0.3, 0.4) is 0 Å². The number of hydrogen-bond acceptors (Lipinski definition) is 2. The van der Waals surface area contributed by atoms with Crippen molar-refractivity contribution in [1.82, 2.24) is 9.78 Å². The van der Waals surface area contributed by atoms with Crippen LogP contribution >= 0.6 is 0 Å². The molecule has 0 aliphatic heterocycles. The van der Waals surface area contributed by atoms with Crippen LogP contribution in [0.2, 0.25) is 0 Å². The maximum atomic E-state index is 5.77. The zero-order valence-corrected chi connectivity index (χ0v) is 9.94. The highest BCUT2D eigenvalue weighted by molar-refractivity contribution is 5.44. The third-order valence-corrected chi connectivity index (χ3v) is 2.76. The van der Waals surface area contributed by atoms with E-state index >= 15 is 0 Å². The molecule has 16 heavy (non-hydrogen) atoms. The first-order chi connectivity index (χ1) is 7.58. The molecular formula is C13H17N3. The Bertz CT molecular complexity index is 461. The minimum absolute atomic E-state index is 0.554. The molecule has 0 atom stereocenters. The summed E-state index contributed by atoms with van der Waals surface area (Å²) in [5.41, 5.74) is 9.75. The Morgan fingerprint density at radius 1 is 1.19 bits per heavy atom. The summed E-state index contributed by atoms with van der Waals surface area (Å²) < 4.78 is 1.81. The van der Waals surface area contributed by atoms with Gasteiger partial charge in [-0.25, -0.2) is 4.68 Å². The highest BCUT2D eigenvalue weighted by atomic mass is 15.3. The molecule has 2 N–H and O–H groups in total. The van der Waals surface area contributed by atoms with Crippen molar-refractivity contribution >= 4 is 5.69 Å². The first-order valence-corrected chi connectivity index (χ1v) is 5.50. The van der Waals surface area contributed by atoms with Crippen LogP contribution in [0.1, 0.15) is 31.0 Å². The molecule has 0 radical (unpaired) electrons. The SMILES string of the molecule is Cc1nn(-c2ccc(C(C)C)cc2)cc1N. The van der Waals surface area contributed by atoms with E-state index in [0.717, 1.165) is 17.1 Å². The summed E-state index contributed by atoms with van der Waals surface area (Å²) in [6, 6.07) is 8.41. The van der Waals surface area contributed by atoms with Crippen molar-refractivity contribution in [2.24, 2.45) is 0 Å². The first-order valence-electron chi connectivity index (χ1n) is 5.50. The van der Waals surface area contributed by atoms with Gasteiger partial charge in [-0.15, -0.1) is 0 Å². The third kappa shape index (κ3) is 1.94. The molecule has 84 valence electrons. The van der Waals surface area contributed by atoms with Crippen molar-refractivity contribution in [1.29, 1.82) is 0 Å². The maximum absolute atomic E-state index is 5.77. The van der Waals surface area contributed by atoms with Crippen molar-refractivity contribution in [2.45, 2.75) is 26.7 Å². The van der Waals surface area contributed by atoms with Crippen molar-refractivity contribution in [2.75, 3.05) is 5.73 Å². The Morgan fingerprint density at radius 2 is 1.81 bits per heavy atom. The molecule has 2 rings (SSSR count). The van der Waals surface area contributed by atoms with E-state index in [0.29, 0.717) is 5.92 Å². The molecule has 0 amide bonds. The summed E-state index contributed by atoms with van der Waals surface area (Å²) in [6.45, 7) is 6.28. The summed E-state index contributed by atoms with van der Waals surface area (Å²) in [4.78, 5) is 0. The number of nitrogens with zero attached hydrogens (tertiary/aromatic N) is 2. The zero-order chi connectivity index (χ0) is 11.7. The highest BCUT2D eigenvalue weighted by Gasteiger charge is 2.03. The number of hydrogen-bond donors (Lipinski definition) is 1. The summed E-state index contributed by atoms with van der Waals surface area (Å²) in [5, 5.41) is 4.35. The van der Waals surface area contributed by atoms with Gasteiger partial charge in [0.2, 0.25) is 0 Å². The quantitative estimate of drug-likeness (QED) is 0.837. The standard InChI is InChI=1S/C13H17N3/c1-9(2)11-4-6-12(7-5-11)16-8-13(14)10(3)15-16/h4-9H,14H2,1-3H3. The van der Waals surface area contributed by atoms with Crippen molar-refractivity contribution in [3.05, 3.63) is 41.7 Å². The van der Waals surface area contributed by atoms with E-state index in [4.69, 9.17) is 5.73 Å². The maximum Gasteiger partial charge on any atom is 0.0827 e. The predicted molar refractivity (Wildman–Crippen MR) is 66.8 cm³/mol. The van der Waals surface area contributed by atoms with Gasteiger partial charge in [0.25, 0.3) is 0 Å². The Kier molecular flexibility index (Phi) is 2.69. The summed E-state index contributed by atoms with van der Waals surface area (Å²) in [5.74, 6) is 0.554. The lowest BCUT2D eigenvalue weighted by atomic mass is 10.0. The normalized spacial score (nSPS) is 11.0. The number of rotatable bonds is 2. The Labute approximate surface area is 95.9 Å². The number of nitrogen functional groups attached to an aromatic ring is 1. The van der Waals surface area contributed by atoms with E-state index in [1.807, 2.05) is 17.8 Å². The molecule has 0 aliphatic carbocycles.